The number of aromatic nitrogens is 5. The van der Waals surface area contributed by atoms with Crippen molar-refractivity contribution in [3.8, 4) is 17.3 Å². The zero-order valence-electron chi connectivity index (χ0n) is 20.0. The van der Waals surface area contributed by atoms with E-state index >= 15 is 0 Å². The SMILES string of the molecule is COc1cc(F)c2[nH]c(-c3cc(NC(=O)c4ccc(N5CCN(CCO)CC5)nc4)nn3C)nc2c1. The molecule has 3 aromatic heterocycles. The number of carbonyl (C=O) groups is 1. The average Bonchev–Trinajstić information content (AvgIpc) is 3.48. The molecule has 1 saturated heterocycles. The number of pyridine rings is 1. The molecule has 188 valence electrons. The lowest BCUT2D eigenvalue weighted by molar-refractivity contribution is 0.102. The number of hydrogen-bond donors (Lipinski definition) is 3. The van der Waals surface area contributed by atoms with E-state index in [0.717, 1.165) is 32.0 Å². The van der Waals surface area contributed by atoms with E-state index in [1.54, 1.807) is 36.1 Å². The van der Waals surface area contributed by atoms with Crippen molar-refractivity contribution in [3.63, 3.8) is 0 Å². The summed E-state index contributed by atoms with van der Waals surface area (Å²) in [6.45, 7) is 4.18. The number of fused-ring (bicyclic) bond motifs is 1. The topological polar surface area (TPSA) is 124 Å². The van der Waals surface area contributed by atoms with Gasteiger partial charge in [-0.2, -0.15) is 5.10 Å². The van der Waals surface area contributed by atoms with E-state index in [-0.39, 0.29) is 18.0 Å². The van der Waals surface area contributed by atoms with Crippen molar-refractivity contribution in [2.75, 3.05) is 56.7 Å². The van der Waals surface area contributed by atoms with Gasteiger partial charge in [0.2, 0.25) is 0 Å². The minimum Gasteiger partial charge on any atom is -0.497 e. The quantitative estimate of drug-likeness (QED) is 0.356. The molecular formula is C24H27FN8O3. The number of hydrogen-bond acceptors (Lipinski definition) is 8. The Morgan fingerprint density at radius 2 is 2.03 bits per heavy atom. The fourth-order valence-corrected chi connectivity index (χ4v) is 4.27. The normalized spacial score (nSPS) is 14.4. The number of anilines is 2. The van der Waals surface area contributed by atoms with Crippen LogP contribution in [0.3, 0.4) is 0 Å². The molecule has 1 fully saturated rings. The smallest absolute Gasteiger partial charge is 0.258 e. The highest BCUT2D eigenvalue weighted by molar-refractivity contribution is 6.03. The summed E-state index contributed by atoms with van der Waals surface area (Å²) in [6.07, 6.45) is 1.55. The summed E-state index contributed by atoms with van der Waals surface area (Å²) in [4.78, 5) is 29.1. The lowest BCUT2D eigenvalue weighted by Gasteiger charge is -2.35. The first-order valence-electron chi connectivity index (χ1n) is 11.6. The molecule has 36 heavy (non-hydrogen) atoms. The number of methoxy groups -OCH3 is 1. The first kappa shape index (κ1) is 23.7. The van der Waals surface area contributed by atoms with Gasteiger partial charge in [-0.1, -0.05) is 0 Å². The van der Waals surface area contributed by atoms with Gasteiger partial charge in [0.05, 0.1) is 24.8 Å². The average molecular weight is 495 g/mol. The number of β-amino-alcohol motifs (C(OH)–C–C–N with tert-alkyl or cyclic N) is 1. The fraction of sp³-hybridized carbons (Fsp3) is 0.333. The predicted octanol–water partition coefficient (Wildman–Crippen LogP) is 1.87. The number of rotatable bonds is 7. The number of aromatic amines is 1. The van der Waals surface area contributed by atoms with Crippen molar-refractivity contribution in [2.24, 2.45) is 7.05 Å². The number of halogens is 1. The lowest BCUT2D eigenvalue weighted by Crippen LogP contribution is -2.47. The van der Waals surface area contributed by atoms with Crippen LogP contribution >= 0.6 is 0 Å². The Balaban J connectivity index is 1.27. The highest BCUT2D eigenvalue weighted by Crippen LogP contribution is 2.27. The number of piperazine rings is 1. The maximum Gasteiger partial charge on any atom is 0.258 e. The summed E-state index contributed by atoms with van der Waals surface area (Å²) in [7, 11) is 3.18. The van der Waals surface area contributed by atoms with Gasteiger partial charge < -0.3 is 25.0 Å². The number of ether oxygens (including phenoxy) is 1. The fourth-order valence-electron chi connectivity index (χ4n) is 4.27. The maximum absolute atomic E-state index is 14.4. The van der Waals surface area contributed by atoms with Crippen molar-refractivity contribution in [2.45, 2.75) is 0 Å². The van der Waals surface area contributed by atoms with Crippen LogP contribution < -0.4 is 15.0 Å². The van der Waals surface area contributed by atoms with Crippen LogP contribution in [0.5, 0.6) is 5.75 Å². The number of nitrogens with zero attached hydrogens (tertiary/aromatic N) is 6. The van der Waals surface area contributed by atoms with Gasteiger partial charge in [-0.25, -0.2) is 14.4 Å². The second-order valence-electron chi connectivity index (χ2n) is 8.54. The monoisotopic (exact) mass is 494 g/mol. The Hall–Kier alpha value is -4.03. The second-order valence-corrected chi connectivity index (χ2v) is 8.54. The molecule has 0 saturated carbocycles. The molecule has 0 radical (unpaired) electrons. The van der Waals surface area contributed by atoms with Gasteiger partial charge in [-0.15, -0.1) is 0 Å². The Kier molecular flexibility index (Phi) is 6.53. The molecule has 1 aromatic carbocycles. The van der Waals surface area contributed by atoms with Gasteiger partial charge in [-0.3, -0.25) is 14.4 Å². The van der Waals surface area contributed by atoms with E-state index in [2.05, 4.69) is 35.2 Å². The predicted molar refractivity (Wildman–Crippen MR) is 133 cm³/mol. The van der Waals surface area contributed by atoms with Gasteiger partial charge >= 0.3 is 0 Å². The van der Waals surface area contributed by atoms with E-state index < -0.39 is 5.82 Å². The summed E-state index contributed by atoms with van der Waals surface area (Å²) >= 11 is 0. The Morgan fingerprint density at radius 3 is 2.72 bits per heavy atom. The first-order valence-corrected chi connectivity index (χ1v) is 11.6. The van der Waals surface area contributed by atoms with Crippen LogP contribution in [0.15, 0.2) is 36.5 Å². The van der Waals surface area contributed by atoms with E-state index in [9.17, 15) is 9.18 Å². The zero-order chi connectivity index (χ0) is 25.2. The molecule has 5 rings (SSSR count). The minimum absolute atomic E-state index is 0.159. The molecule has 3 N–H and O–H groups in total. The van der Waals surface area contributed by atoms with Crippen molar-refractivity contribution < 1.29 is 19.0 Å². The van der Waals surface area contributed by atoms with E-state index in [4.69, 9.17) is 9.84 Å². The number of imidazole rings is 1. The third-order valence-corrected chi connectivity index (χ3v) is 6.24. The molecule has 12 heteroatoms. The summed E-state index contributed by atoms with van der Waals surface area (Å²) in [5.41, 5.74) is 1.67. The summed E-state index contributed by atoms with van der Waals surface area (Å²) in [5.74, 6) is 1.12. The first-order chi connectivity index (χ1) is 17.4. The van der Waals surface area contributed by atoms with Gasteiger partial charge in [0.25, 0.3) is 5.91 Å². The molecule has 0 bridgehead atoms. The maximum atomic E-state index is 14.4. The highest BCUT2D eigenvalue weighted by atomic mass is 19.1. The molecular weight excluding hydrogens is 467 g/mol. The molecule has 0 unspecified atom stereocenters. The molecule has 4 heterocycles. The number of aryl methyl sites for hydroxylation is 1. The molecule has 0 spiro atoms. The van der Waals surface area contributed by atoms with E-state index in [0.29, 0.717) is 40.7 Å². The van der Waals surface area contributed by atoms with Gasteiger partial charge in [0, 0.05) is 64.2 Å². The Labute approximate surface area is 206 Å². The third-order valence-electron chi connectivity index (χ3n) is 6.24. The number of benzene rings is 1. The van der Waals surface area contributed by atoms with Crippen LogP contribution in [0.4, 0.5) is 16.0 Å². The van der Waals surface area contributed by atoms with Gasteiger partial charge in [0.15, 0.2) is 17.5 Å². The van der Waals surface area contributed by atoms with Crippen LogP contribution in [0.25, 0.3) is 22.6 Å². The van der Waals surface area contributed by atoms with E-state index in [1.807, 2.05) is 6.07 Å². The molecule has 1 aliphatic heterocycles. The molecule has 4 aromatic rings. The van der Waals surface area contributed by atoms with Crippen LogP contribution in [-0.4, -0.2) is 87.1 Å². The highest BCUT2D eigenvalue weighted by Gasteiger charge is 2.19. The Bertz CT molecular complexity index is 1380. The van der Waals surface area contributed by atoms with Crippen molar-refractivity contribution >= 4 is 28.6 Å². The third kappa shape index (κ3) is 4.72. The number of aliphatic hydroxyl groups is 1. The second kappa shape index (κ2) is 9.91. The van der Waals surface area contributed by atoms with Crippen LogP contribution in [0, 0.1) is 5.82 Å². The van der Waals surface area contributed by atoms with E-state index in [1.165, 1.54) is 13.2 Å². The minimum atomic E-state index is -0.471. The zero-order valence-corrected chi connectivity index (χ0v) is 20.0. The summed E-state index contributed by atoms with van der Waals surface area (Å²) in [6, 6.07) is 8.16. The Morgan fingerprint density at radius 1 is 1.22 bits per heavy atom. The lowest BCUT2D eigenvalue weighted by atomic mass is 10.2. The molecule has 11 nitrogen and oxygen atoms in total. The number of H-pyrrole nitrogens is 1. The van der Waals surface area contributed by atoms with Crippen molar-refractivity contribution in [3.05, 3.63) is 47.9 Å². The van der Waals surface area contributed by atoms with Crippen molar-refractivity contribution in [1.82, 2.24) is 29.6 Å². The summed E-state index contributed by atoms with van der Waals surface area (Å²) in [5, 5.41) is 16.2. The standard InChI is InChI=1S/C24H27FN8O3/c1-31-19(23-27-18-12-16(36-2)11-17(25)22(18)29-23)13-20(30-31)28-24(35)15-3-4-21(26-14-15)33-7-5-32(6-8-33)9-10-34/h3-4,11-14,34H,5-10H2,1-2H3,(H,27,29)(H,28,30,35). The van der Waals surface area contributed by atoms with Gasteiger partial charge in [-0.05, 0) is 12.1 Å². The number of amides is 1. The molecule has 1 amide bonds. The number of aliphatic hydroxyl groups excluding tert-OH is 1. The number of carbonyl (C=O) groups excluding carboxylic acids is 1. The molecule has 0 aliphatic carbocycles. The largest absolute Gasteiger partial charge is 0.497 e. The van der Waals surface area contributed by atoms with Crippen LogP contribution in [0.2, 0.25) is 0 Å². The number of nitrogens with one attached hydrogen (secondary N) is 2. The molecule has 0 atom stereocenters. The molecule has 1 aliphatic rings. The van der Waals surface area contributed by atoms with Crippen LogP contribution in [0.1, 0.15) is 10.4 Å². The van der Waals surface area contributed by atoms with Gasteiger partial charge in [0.1, 0.15) is 22.8 Å². The summed E-state index contributed by atoms with van der Waals surface area (Å²) < 4.78 is 21.0. The van der Waals surface area contributed by atoms with Crippen LogP contribution in [-0.2, 0) is 7.05 Å². The van der Waals surface area contributed by atoms with Crippen molar-refractivity contribution in [1.29, 1.82) is 0 Å².